The molecule has 0 fully saturated rings. The van der Waals surface area contributed by atoms with Gasteiger partial charge in [0, 0.05) is 29.7 Å². The Balaban J connectivity index is 2.12. The van der Waals surface area contributed by atoms with Crippen LogP contribution < -0.4 is 0 Å². The third-order valence-corrected chi connectivity index (χ3v) is 5.95. The van der Waals surface area contributed by atoms with Crippen LogP contribution >= 0.6 is 11.6 Å². The molecule has 1 atom stereocenters. The lowest BCUT2D eigenvalue weighted by molar-refractivity contribution is -0.138. The summed E-state index contributed by atoms with van der Waals surface area (Å²) < 4.78 is 7.07. The first-order valence-corrected chi connectivity index (χ1v) is 12.0. The zero-order valence-corrected chi connectivity index (χ0v) is 21.3. The quantitative estimate of drug-likeness (QED) is 0.220. The molecule has 0 spiro atoms. The molecule has 1 unspecified atom stereocenters. The van der Waals surface area contributed by atoms with E-state index < -0.39 is 5.97 Å². The van der Waals surface area contributed by atoms with Crippen LogP contribution in [0.15, 0.2) is 72.0 Å². The van der Waals surface area contributed by atoms with E-state index in [1.54, 1.807) is 12.1 Å². The highest BCUT2D eigenvalue weighted by molar-refractivity contribution is 6.30. The van der Waals surface area contributed by atoms with E-state index in [0.717, 1.165) is 29.7 Å². The van der Waals surface area contributed by atoms with Crippen LogP contribution in [0.3, 0.4) is 0 Å². The van der Waals surface area contributed by atoms with Crippen molar-refractivity contribution in [3.8, 4) is 11.8 Å². The molecule has 2 aromatic rings. The third kappa shape index (κ3) is 8.53. The molecule has 7 nitrogen and oxygen atoms in total. The van der Waals surface area contributed by atoms with Gasteiger partial charge in [0.25, 0.3) is 0 Å². The zero-order chi connectivity index (χ0) is 26.0. The maximum Gasteiger partial charge on any atom is 0.305 e. The molecule has 8 heteroatoms. The summed E-state index contributed by atoms with van der Waals surface area (Å²) in [6, 6.07) is 9.86. The summed E-state index contributed by atoms with van der Waals surface area (Å²) in [7, 11) is 0. The number of aromatic nitrogens is 1. The first-order chi connectivity index (χ1) is 16.7. The average molecular weight is 503 g/mol. The minimum absolute atomic E-state index is 0.0176. The van der Waals surface area contributed by atoms with E-state index in [0.29, 0.717) is 17.3 Å². The lowest BCUT2D eigenvalue weighted by Crippen LogP contribution is -2.33. The summed E-state index contributed by atoms with van der Waals surface area (Å²) in [5.74, 6) is -0.445. The number of hydrogen-bond donors (Lipinski definition) is 3. The van der Waals surface area contributed by atoms with E-state index in [-0.39, 0.29) is 37.4 Å². The Hall–Kier alpha value is -3.16. The van der Waals surface area contributed by atoms with Crippen molar-refractivity contribution in [1.82, 2.24) is 9.47 Å². The van der Waals surface area contributed by atoms with E-state index in [9.17, 15) is 20.1 Å². The van der Waals surface area contributed by atoms with E-state index in [1.807, 2.05) is 38.1 Å². The molecule has 0 saturated heterocycles. The smallest absolute Gasteiger partial charge is 0.305 e. The monoisotopic (exact) mass is 502 g/mol. The Morgan fingerprint density at radius 2 is 1.83 bits per heavy atom. The molecule has 0 radical (unpaired) electrons. The SMILES string of the molecule is C=C(OCCn1c(O)ccc1O)C(C)=CC(=CC)CN(CCC)C(CC(=O)O)c1ccc(Cl)cc1. The minimum atomic E-state index is -0.860. The normalized spacial score (nSPS) is 13.2. The molecule has 2 rings (SSSR count). The third-order valence-electron chi connectivity index (χ3n) is 5.70. The van der Waals surface area contributed by atoms with Crippen LogP contribution in [0.5, 0.6) is 11.8 Å². The van der Waals surface area contributed by atoms with Crippen LogP contribution in [0.2, 0.25) is 5.02 Å². The number of aromatic hydroxyl groups is 2. The summed E-state index contributed by atoms with van der Waals surface area (Å²) in [6.07, 6.45) is 4.83. The first-order valence-electron chi connectivity index (χ1n) is 11.6. The fourth-order valence-corrected chi connectivity index (χ4v) is 3.93. The molecule has 3 N–H and O–H groups in total. The second-order valence-corrected chi connectivity index (χ2v) is 8.74. The van der Waals surface area contributed by atoms with Crippen molar-refractivity contribution in [1.29, 1.82) is 0 Å². The number of hydrogen-bond acceptors (Lipinski definition) is 5. The number of nitrogens with zero attached hydrogens (tertiary/aromatic N) is 2. The highest BCUT2D eigenvalue weighted by Gasteiger charge is 2.23. The number of ether oxygens (including phenoxy) is 1. The zero-order valence-electron chi connectivity index (χ0n) is 20.6. The van der Waals surface area contributed by atoms with Gasteiger partial charge in [-0.05, 0) is 55.7 Å². The van der Waals surface area contributed by atoms with Gasteiger partial charge < -0.3 is 20.1 Å². The van der Waals surface area contributed by atoms with Gasteiger partial charge >= 0.3 is 5.97 Å². The molecule has 0 saturated carbocycles. The van der Waals surface area contributed by atoms with Gasteiger partial charge in [-0.2, -0.15) is 0 Å². The van der Waals surface area contributed by atoms with Crippen LogP contribution in [-0.4, -0.2) is 50.5 Å². The molecule has 1 aromatic carbocycles. The number of carbonyl (C=O) groups is 1. The van der Waals surface area contributed by atoms with E-state index in [2.05, 4.69) is 18.4 Å². The number of aliphatic carboxylic acids is 1. The van der Waals surface area contributed by atoms with Crippen molar-refractivity contribution in [2.24, 2.45) is 0 Å². The maximum absolute atomic E-state index is 11.7. The Kier molecular flexibility index (Phi) is 11.0. The van der Waals surface area contributed by atoms with Crippen molar-refractivity contribution in [2.75, 3.05) is 19.7 Å². The molecule has 1 aromatic heterocycles. The van der Waals surface area contributed by atoms with Gasteiger partial charge in [-0.15, -0.1) is 0 Å². The van der Waals surface area contributed by atoms with E-state index >= 15 is 0 Å². The molecule has 0 bridgehead atoms. The van der Waals surface area contributed by atoms with Crippen LogP contribution in [-0.2, 0) is 16.1 Å². The fraction of sp³-hybridized carbons (Fsp3) is 0.370. The topological polar surface area (TPSA) is 95.2 Å². The molecule has 0 aliphatic heterocycles. The number of halogens is 1. The maximum atomic E-state index is 11.7. The summed E-state index contributed by atoms with van der Waals surface area (Å²) >= 11 is 6.04. The van der Waals surface area contributed by atoms with Gasteiger partial charge in [-0.25, -0.2) is 0 Å². The summed E-state index contributed by atoms with van der Waals surface area (Å²) in [5, 5.41) is 29.7. The van der Waals surface area contributed by atoms with Crippen molar-refractivity contribution in [3.05, 3.63) is 82.6 Å². The summed E-state index contributed by atoms with van der Waals surface area (Å²) in [5.41, 5.74) is 2.74. The van der Waals surface area contributed by atoms with Crippen LogP contribution in [0.4, 0.5) is 0 Å². The van der Waals surface area contributed by atoms with Crippen LogP contribution in [0, 0.1) is 0 Å². The number of benzene rings is 1. The lowest BCUT2D eigenvalue weighted by atomic mass is 10.00. The van der Waals surface area contributed by atoms with Crippen LogP contribution in [0.25, 0.3) is 0 Å². The number of allylic oxidation sites excluding steroid dienone is 2. The van der Waals surface area contributed by atoms with Gasteiger partial charge in [-0.3, -0.25) is 14.3 Å². The van der Waals surface area contributed by atoms with E-state index in [1.165, 1.54) is 16.7 Å². The molecule has 0 aliphatic carbocycles. The van der Waals surface area contributed by atoms with Crippen LogP contribution in [0.1, 0.15) is 45.2 Å². The Labute approximate surface area is 212 Å². The molecular weight excluding hydrogens is 468 g/mol. The summed E-state index contributed by atoms with van der Waals surface area (Å²) in [4.78, 5) is 13.8. The Morgan fingerprint density at radius 3 is 2.37 bits per heavy atom. The van der Waals surface area contributed by atoms with Crippen molar-refractivity contribution < 1.29 is 24.9 Å². The second-order valence-electron chi connectivity index (χ2n) is 8.30. The Morgan fingerprint density at radius 1 is 1.20 bits per heavy atom. The predicted molar refractivity (Wildman–Crippen MR) is 139 cm³/mol. The minimum Gasteiger partial charge on any atom is -0.494 e. The van der Waals surface area contributed by atoms with E-state index in [4.69, 9.17) is 16.3 Å². The van der Waals surface area contributed by atoms with Gasteiger partial charge in [0.2, 0.25) is 0 Å². The molecule has 1 heterocycles. The number of carboxylic acids is 1. The highest BCUT2D eigenvalue weighted by Crippen LogP contribution is 2.28. The van der Waals surface area contributed by atoms with Crippen molar-refractivity contribution in [2.45, 2.75) is 46.2 Å². The summed E-state index contributed by atoms with van der Waals surface area (Å²) in [6.45, 7) is 11.7. The molecule has 190 valence electrons. The van der Waals surface area contributed by atoms with Gasteiger partial charge in [0.05, 0.1) is 13.0 Å². The molecule has 0 amide bonds. The Bertz CT molecular complexity index is 1040. The standard InChI is InChI=1S/C27H35ClN2O5/c1-5-13-29(24(17-27(33)34)22-7-9-23(28)10-8-22)18-21(6-2)16-19(3)20(4)35-15-14-30-25(31)11-12-26(30)32/h6-12,16,24,31-32H,4-5,13-15,17-18H2,1-3H3,(H,33,34). The molecule has 0 aliphatic rings. The predicted octanol–water partition coefficient (Wildman–Crippen LogP) is 5.90. The molecule has 35 heavy (non-hydrogen) atoms. The first kappa shape index (κ1) is 28.1. The lowest BCUT2D eigenvalue weighted by Gasteiger charge is -2.31. The average Bonchev–Trinajstić information content (AvgIpc) is 3.14. The second kappa shape index (κ2) is 13.7. The largest absolute Gasteiger partial charge is 0.494 e. The van der Waals surface area contributed by atoms with Gasteiger partial charge in [-0.1, -0.05) is 49.4 Å². The number of carboxylic acid groups (broad SMARTS) is 1. The fourth-order valence-electron chi connectivity index (χ4n) is 3.80. The van der Waals surface area contributed by atoms with Crippen molar-refractivity contribution >= 4 is 17.6 Å². The number of rotatable bonds is 14. The van der Waals surface area contributed by atoms with Crippen molar-refractivity contribution in [3.63, 3.8) is 0 Å². The van der Waals surface area contributed by atoms with Gasteiger partial charge in [0.1, 0.15) is 12.4 Å². The molecular formula is C27H35ClN2O5. The van der Waals surface area contributed by atoms with Gasteiger partial charge in [0.15, 0.2) is 11.8 Å². The highest BCUT2D eigenvalue weighted by atomic mass is 35.5.